The Morgan fingerprint density at radius 1 is 1.18 bits per heavy atom. The van der Waals surface area contributed by atoms with Crippen LogP contribution in [0, 0.1) is 5.92 Å². The molecule has 2 nitrogen and oxygen atoms in total. The molecule has 17 heavy (non-hydrogen) atoms. The standard InChI is InChI=1S/C15H20O2/c1-17-14-10-6-9-13(11-14)15(16)12-7-4-2-3-5-8-12/h6,9-12H,2-5,7-8H2,1H3. The van der Waals surface area contributed by atoms with Crippen LogP contribution in [0.15, 0.2) is 24.3 Å². The molecule has 0 aromatic heterocycles. The normalized spacial score (nSPS) is 17.5. The molecule has 1 saturated carbocycles. The highest BCUT2D eigenvalue weighted by atomic mass is 16.5. The predicted molar refractivity (Wildman–Crippen MR) is 68.5 cm³/mol. The van der Waals surface area contributed by atoms with Gasteiger partial charge in [-0.15, -0.1) is 0 Å². The molecule has 1 aromatic carbocycles. The number of Topliss-reactive ketones (excluding diaryl/α,β-unsaturated/α-hetero) is 1. The van der Waals surface area contributed by atoms with Crippen molar-refractivity contribution in [2.75, 3.05) is 7.11 Å². The van der Waals surface area contributed by atoms with Gasteiger partial charge in [0.25, 0.3) is 0 Å². The molecule has 1 fully saturated rings. The Hall–Kier alpha value is -1.31. The highest BCUT2D eigenvalue weighted by molar-refractivity contribution is 5.98. The van der Waals surface area contributed by atoms with Gasteiger partial charge in [-0.25, -0.2) is 0 Å². The molecule has 2 rings (SSSR count). The third-order valence-corrected chi connectivity index (χ3v) is 3.58. The zero-order valence-corrected chi connectivity index (χ0v) is 10.4. The van der Waals surface area contributed by atoms with Crippen LogP contribution in [-0.4, -0.2) is 12.9 Å². The number of hydrogen-bond donors (Lipinski definition) is 0. The van der Waals surface area contributed by atoms with Gasteiger partial charge in [0.1, 0.15) is 5.75 Å². The van der Waals surface area contributed by atoms with Gasteiger partial charge in [0, 0.05) is 11.5 Å². The first-order chi connectivity index (χ1) is 8.31. The fourth-order valence-electron chi connectivity index (χ4n) is 2.55. The van der Waals surface area contributed by atoms with E-state index in [4.69, 9.17) is 4.74 Å². The Labute approximate surface area is 103 Å². The van der Waals surface area contributed by atoms with E-state index in [1.807, 2.05) is 24.3 Å². The summed E-state index contributed by atoms with van der Waals surface area (Å²) < 4.78 is 5.16. The lowest BCUT2D eigenvalue weighted by atomic mass is 9.91. The molecular formula is C15H20O2. The summed E-state index contributed by atoms with van der Waals surface area (Å²) in [7, 11) is 1.63. The van der Waals surface area contributed by atoms with Crippen molar-refractivity contribution in [1.29, 1.82) is 0 Å². The predicted octanol–water partition coefficient (Wildman–Crippen LogP) is 3.85. The van der Waals surface area contributed by atoms with Crippen LogP contribution in [-0.2, 0) is 0 Å². The summed E-state index contributed by atoms with van der Waals surface area (Å²) in [6.45, 7) is 0. The number of hydrogen-bond acceptors (Lipinski definition) is 2. The van der Waals surface area contributed by atoms with E-state index in [0.717, 1.165) is 24.2 Å². The molecule has 0 saturated heterocycles. The summed E-state index contributed by atoms with van der Waals surface area (Å²) in [6, 6.07) is 7.52. The first-order valence-electron chi connectivity index (χ1n) is 6.49. The Kier molecular flexibility index (Phi) is 4.18. The van der Waals surface area contributed by atoms with Gasteiger partial charge in [0.15, 0.2) is 5.78 Å². The smallest absolute Gasteiger partial charge is 0.166 e. The summed E-state index contributed by atoms with van der Waals surface area (Å²) in [4.78, 5) is 12.4. The number of carbonyl (C=O) groups excluding carboxylic acids is 1. The lowest BCUT2D eigenvalue weighted by molar-refractivity contribution is 0.0907. The molecule has 0 spiro atoms. The molecule has 0 unspecified atom stereocenters. The number of carbonyl (C=O) groups is 1. The number of methoxy groups -OCH3 is 1. The molecule has 2 heteroatoms. The van der Waals surface area contributed by atoms with E-state index in [2.05, 4.69) is 0 Å². The number of ketones is 1. The van der Waals surface area contributed by atoms with Crippen molar-refractivity contribution < 1.29 is 9.53 Å². The number of rotatable bonds is 3. The van der Waals surface area contributed by atoms with Crippen LogP contribution in [0.2, 0.25) is 0 Å². The van der Waals surface area contributed by atoms with Crippen molar-refractivity contribution in [3.63, 3.8) is 0 Å². The number of benzene rings is 1. The molecule has 0 amide bonds. The molecular weight excluding hydrogens is 212 g/mol. The average Bonchev–Trinajstić information content (AvgIpc) is 2.67. The molecule has 92 valence electrons. The molecule has 0 atom stereocenters. The van der Waals surface area contributed by atoms with Gasteiger partial charge in [-0.1, -0.05) is 37.8 Å². The maximum atomic E-state index is 12.4. The van der Waals surface area contributed by atoms with Gasteiger partial charge in [-0.05, 0) is 25.0 Å². The van der Waals surface area contributed by atoms with Crippen molar-refractivity contribution in [3.8, 4) is 5.75 Å². The Balaban J connectivity index is 2.11. The largest absolute Gasteiger partial charge is 0.497 e. The second kappa shape index (κ2) is 5.85. The van der Waals surface area contributed by atoms with Crippen molar-refractivity contribution in [1.82, 2.24) is 0 Å². The number of ether oxygens (including phenoxy) is 1. The van der Waals surface area contributed by atoms with Crippen molar-refractivity contribution in [2.45, 2.75) is 38.5 Å². The van der Waals surface area contributed by atoms with Crippen LogP contribution in [0.3, 0.4) is 0 Å². The van der Waals surface area contributed by atoms with Crippen molar-refractivity contribution in [3.05, 3.63) is 29.8 Å². The van der Waals surface area contributed by atoms with E-state index in [1.54, 1.807) is 7.11 Å². The summed E-state index contributed by atoms with van der Waals surface area (Å²) in [5, 5.41) is 0. The maximum Gasteiger partial charge on any atom is 0.166 e. The fraction of sp³-hybridized carbons (Fsp3) is 0.533. The van der Waals surface area contributed by atoms with E-state index in [0.29, 0.717) is 5.78 Å². The zero-order valence-electron chi connectivity index (χ0n) is 10.4. The van der Waals surface area contributed by atoms with Crippen LogP contribution in [0.25, 0.3) is 0 Å². The fourth-order valence-corrected chi connectivity index (χ4v) is 2.55. The van der Waals surface area contributed by atoms with Gasteiger partial charge >= 0.3 is 0 Å². The second-order valence-electron chi connectivity index (χ2n) is 4.78. The van der Waals surface area contributed by atoms with Crippen LogP contribution in [0.5, 0.6) is 5.75 Å². The van der Waals surface area contributed by atoms with E-state index in [-0.39, 0.29) is 5.92 Å². The molecule has 0 radical (unpaired) electrons. The first-order valence-corrected chi connectivity index (χ1v) is 6.49. The highest BCUT2D eigenvalue weighted by Gasteiger charge is 2.21. The van der Waals surface area contributed by atoms with Crippen LogP contribution < -0.4 is 4.74 Å². The minimum absolute atomic E-state index is 0.226. The monoisotopic (exact) mass is 232 g/mol. The topological polar surface area (TPSA) is 26.3 Å². The zero-order chi connectivity index (χ0) is 12.1. The Bertz CT molecular complexity index is 376. The Morgan fingerprint density at radius 2 is 1.88 bits per heavy atom. The summed E-state index contributed by atoms with van der Waals surface area (Å²) in [5.74, 6) is 1.29. The van der Waals surface area contributed by atoms with Crippen LogP contribution >= 0.6 is 0 Å². The SMILES string of the molecule is COc1cccc(C(=O)C2CCCCCC2)c1. The Morgan fingerprint density at radius 3 is 2.53 bits per heavy atom. The minimum Gasteiger partial charge on any atom is -0.497 e. The van der Waals surface area contributed by atoms with Gasteiger partial charge in [0.05, 0.1) is 7.11 Å². The first kappa shape index (κ1) is 12.2. The van der Waals surface area contributed by atoms with E-state index >= 15 is 0 Å². The third-order valence-electron chi connectivity index (χ3n) is 3.58. The maximum absolute atomic E-state index is 12.4. The lowest BCUT2D eigenvalue weighted by Crippen LogP contribution is -2.14. The highest BCUT2D eigenvalue weighted by Crippen LogP contribution is 2.27. The molecule has 0 N–H and O–H groups in total. The quantitative estimate of drug-likeness (QED) is 0.584. The van der Waals surface area contributed by atoms with E-state index < -0.39 is 0 Å². The summed E-state index contributed by atoms with van der Waals surface area (Å²) in [6.07, 6.45) is 7.05. The van der Waals surface area contributed by atoms with Crippen molar-refractivity contribution >= 4 is 5.78 Å². The molecule has 1 aliphatic rings. The molecule has 0 bridgehead atoms. The molecule has 1 aliphatic carbocycles. The lowest BCUT2D eigenvalue weighted by Gasteiger charge is -2.13. The average molecular weight is 232 g/mol. The molecule has 1 aromatic rings. The van der Waals surface area contributed by atoms with Gasteiger partial charge in [-0.2, -0.15) is 0 Å². The molecule has 0 heterocycles. The second-order valence-corrected chi connectivity index (χ2v) is 4.78. The summed E-state index contributed by atoms with van der Waals surface area (Å²) >= 11 is 0. The third kappa shape index (κ3) is 3.09. The van der Waals surface area contributed by atoms with Gasteiger partial charge < -0.3 is 4.74 Å². The van der Waals surface area contributed by atoms with Gasteiger partial charge in [0.2, 0.25) is 0 Å². The van der Waals surface area contributed by atoms with E-state index in [1.165, 1.54) is 25.7 Å². The van der Waals surface area contributed by atoms with Crippen molar-refractivity contribution in [2.24, 2.45) is 5.92 Å². The minimum atomic E-state index is 0.226. The summed E-state index contributed by atoms with van der Waals surface area (Å²) in [5.41, 5.74) is 0.802. The van der Waals surface area contributed by atoms with Crippen LogP contribution in [0.1, 0.15) is 48.9 Å². The van der Waals surface area contributed by atoms with E-state index in [9.17, 15) is 4.79 Å². The molecule has 0 aliphatic heterocycles. The van der Waals surface area contributed by atoms with Crippen LogP contribution in [0.4, 0.5) is 0 Å². The van der Waals surface area contributed by atoms with Gasteiger partial charge in [-0.3, -0.25) is 4.79 Å².